The average molecular weight is 175 g/mol. The lowest BCUT2D eigenvalue weighted by Gasteiger charge is -2.14. The van der Waals surface area contributed by atoms with Crippen LogP contribution in [0, 0.1) is 0 Å². The summed E-state index contributed by atoms with van der Waals surface area (Å²) in [6.07, 6.45) is 1.23. The van der Waals surface area contributed by atoms with Gasteiger partial charge in [0, 0.05) is 13.7 Å². The van der Waals surface area contributed by atoms with E-state index in [0.717, 1.165) is 13.0 Å². The van der Waals surface area contributed by atoms with E-state index in [1.54, 1.807) is 7.11 Å². The van der Waals surface area contributed by atoms with Gasteiger partial charge in [0.25, 0.3) is 0 Å². The topological polar surface area (TPSA) is 53.7 Å². The lowest BCUT2D eigenvalue weighted by Crippen LogP contribution is -2.33. The molecule has 2 atom stereocenters. The third kappa shape index (κ3) is 3.49. The highest BCUT2D eigenvalue weighted by Crippen LogP contribution is 2.07. The van der Waals surface area contributed by atoms with Crippen LogP contribution >= 0.6 is 0 Å². The van der Waals surface area contributed by atoms with Crippen LogP contribution in [0.2, 0.25) is 0 Å². The molecular formula is C8H17NO3. The zero-order chi connectivity index (χ0) is 8.81. The summed E-state index contributed by atoms with van der Waals surface area (Å²) in [7, 11) is 1.64. The van der Waals surface area contributed by atoms with Gasteiger partial charge >= 0.3 is 0 Å². The first-order valence-electron chi connectivity index (χ1n) is 4.26. The van der Waals surface area contributed by atoms with Crippen LogP contribution in [0.25, 0.3) is 0 Å². The van der Waals surface area contributed by atoms with Gasteiger partial charge in [0.1, 0.15) is 0 Å². The molecule has 0 bridgehead atoms. The van der Waals surface area contributed by atoms with E-state index in [-0.39, 0.29) is 12.1 Å². The van der Waals surface area contributed by atoms with E-state index in [2.05, 4.69) is 0 Å². The van der Waals surface area contributed by atoms with E-state index in [0.29, 0.717) is 19.8 Å². The zero-order valence-electron chi connectivity index (χ0n) is 7.49. The molecule has 12 heavy (non-hydrogen) atoms. The molecule has 72 valence electrons. The van der Waals surface area contributed by atoms with E-state index >= 15 is 0 Å². The molecule has 0 spiro atoms. The Morgan fingerprint density at radius 1 is 1.58 bits per heavy atom. The van der Waals surface area contributed by atoms with Crippen LogP contribution in [-0.4, -0.2) is 45.7 Å². The predicted octanol–water partition coefficient (Wildman–Crippen LogP) is -0.234. The monoisotopic (exact) mass is 175 g/mol. The number of ether oxygens (including phenoxy) is 3. The van der Waals surface area contributed by atoms with Crippen molar-refractivity contribution in [3.05, 3.63) is 0 Å². The van der Waals surface area contributed by atoms with Crippen LogP contribution < -0.4 is 5.73 Å². The van der Waals surface area contributed by atoms with E-state index in [1.165, 1.54) is 0 Å². The maximum absolute atomic E-state index is 5.67. The van der Waals surface area contributed by atoms with Crippen molar-refractivity contribution in [2.45, 2.75) is 18.6 Å². The molecule has 2 N–H and O–H groups in total. The first-order valence-corrected chi connectivity index (χ1v) is 4.26. The molecule has 1 heterocycles. The summed E-state index contributed by atoms with van der Waals surface area (Å²) in [4.78, 5) is 0. The van der Waals surface area contributed by atoms with Crippen LogP contribution in [0.3, 0.4) is 0 Å². The molecule has 0 amide bonds. The molecular weight excluding hydrogens is 158 g/mol. The fraction of sp³-hybridized carbons (Fsp3) is 1.00. The summed E-state index contributed by atoms with van der Waals surface area (Å²) in [5.74, 6) is 0. The van der Waals surface area contributed by atoms with Crippen LogP contribution in [-0.2, 0) is 14.2 Å². The number of nitrogens with two attached hydrogens (primary N) is 1. The minimum absolute atomic E-state index is 0.0180. The second kappa shape index (κ2) is 5.48. The number of hydrogen-bond donors (Lipinski definition) is 1. The smallest absolute Gasteiger partial charge is 0.0831 e. The Kier molecular flexibility index (Phi) is 4.53. The predicted molar refractivity (Wildman–Crippen MR) is 45.0 cm³/mol. The second-order valence-corrected chi connectivity index (χ2v) is 3.03. The summed E-state index contributed by atoms with van der Waals surface area (Å²) in [6.45, 7) is 2.62. The van der Waals surface area contributed by atoms with Crippen molar-refractivity contribution in [1.82, 2.24) is 0 Å². The normalized spacial score (nSPS) is 26.0. The number of rotatable bonds is 5. The van der Waals surface area contributed by atoms with Gasteiger partial charge in [0.05, 0.1) is 32.0 Å². The minimum atomic E-state index is -0.0180. The fourth-order valence-electron chi connectivity index (χ4n) is 1.17. The third-order valence-electron chi connectivity index (χ3n) is 1.81. The molecule has 0 aromatic carbocycles. The molecule has 1 aliphatic rings. The van der Waals surface area contributed by atoms with Crippen molar-refractivity contribution in [3.8, 4) is 0 Å². The van der Waals surface area contributed by atoms with Gasteiger partial charge in [-0.2, -0.15) is 0 Å². The van der Waals surface area contributed by atoms with E-state index in [1.807, 2.05) is 0 Å². The summed E-state index contributed by atoms with van der Waals surface area (Å²) in [5.41, 5.74) is 5.67. The molecule has 0 aromatic rings. The molecule has 2 unspecified atom stereocenters. The summed E-state index contributed by atoms with van der Waals surface area (Å²) in [5, 5.41) is 0. The Hall–Kier alpha value is -0.160. The van der Waals surface area contributed by atoms with Gasteiger partial charge in [-0.1, -0.05) is 0 Å². The summed E-state index contributed by atoms with van der Waals surface area (Å²) >= 11 is 0. The van der Waals surface area contributed by atoms with Crippen LogP contribution in [0.15, 0.2) is 0 Å². The first kappa shape index (κ1) is 9.92. The highest BCUT2D eigenvalue weighted by molar-refractivity contribution is 4.65. The summed E-state index contributed by atoms with van der Waals surface area (Å²) < 4.78 is 15.5. The number of hydrogen-bond acceptors (Lipinski definition) is 4. The lowest BCUT2D eigenvalue weighted by molar-refractivity contribution is 0.0227. The van der Waals surface area contributed by atoms with E-state index < -0.39 is 0 Å². The molecule has 4 nitrogen and oxygen atoms in total. The molecule has 0 saturated carbocycles. The van der Waals surface area contributed by atoms with Crippen LogP contribution in [0.1, 0.15) is 6.42 Å². The van der Waals surface area contributed by atoms with Crippen molar-refractivity contribution in [3.63, 3.8) is 0 Å². The van der Waals surface area contributed by atoms with Gasteiger partial charge in [0.15, 0.2) is 0 Å². The Morgan fingerprint density at radius 3 is 3.00 bits per heavy atom. The Balaban J connectivity index is 1.99. The van der Waals surface area contributed by atoms with Gasteiger partial charge < -0.3 is 19.9 Å². The van der Waals surface area contributed by atoms with Gasteiger partial charge in [-0.05, 0) is 6.42 Å². The zero-order valence-corrected chi connectivity index (χ0v) is 7.49. The van der Waals surface area contributed by atoms with Crippen molar-refractivity contribution in [2.24, 2.45) is 5.73 Å². The van der Waals surface area contributed by atoms with E-state index in [9.17, 15) is 0 Å². The SMILES string of the molecule is COCC(N)COC1CCOC1. The maximum atomic E-state index is 5.67. The Morgan fingerprint density at radius 2 is 2.42 bits per heavy atom. The molecule has 1 rings (SSSR count). The lowest BCUT2D eigenvalue weighted by atomic mass is 10.3. The molecule has 0 aromatic heterocycles. The molecule has 1 saturated heterocycles. The minimum Gasteiger partial charge on any atom is -0.383 e. The van der Waals surface area contributed by atoms with Gasteiger partial charge in [0.2, 0.25) is 0 Å². The van der Waals surface area contributed by atoms with Gasteiger partial charge in [-0.25, -0.2) is 0 Å². The van der Waals surface area contributed by atoms with Gasteiger partial charge in [-0.3, -0.25) is 0 Å². The van der Waals surface area contributed by atoms with Crippen LogP contribution in [0.5, 0.6) is 0 Å². The van der Waals surface area contributed by atoms with Crippen molar-refractivity contribution < 1.29 is 14.2 Å². The second-order valence-electron chi connectivity index (χ2n) is 3.03. The quantitative estimate of drug-likeness (QED) is 0.627. The van der Waals surface area contributed by atoms with Crippen molar-refractivity contribution in [2.75, 3.05) is 33.5 Å². The highest BCUT2D eigenvalue weighted by atomic mass is 16.5. The molecule has 0 radical (unpaired) electrons. The van der Waals surface area contributed by atoms with E-state index in [4.69, 9.17) is 19.9 Å². The fourth-order valence-corrected chi connectivity index (χ4v) is 1.17. The standard InChI is InChI=1S/C8H17NO3/c1-10-4-7(9)5-12-8-2-3-11-6-8/h7-8H,2-6,9H2,1H3. The average Bonchev–Trinajstić information content (AvgIpc) is 2.53. The number of methoxy groups -OCH3 is 1. The maximum Gasteiger partial charge on any atom is 0.0831 e. The van der Waals surface area contributed by atoms with Crippen LogP contribution in [0.4, 0.5) is 0 Å². The van der Waals surface area contributed by atoms with Crippen molar-refractivity contribution >= 4 is 0 Å². The highest BCUT2D eigenvalue weighted by Gasteiger charge is 2.16. The molecule has 0 aliphatic carbocycles. The first-order chi connectivity index (χ1) is 5.83. The summed E-state index contributed by atoms with van der Waals surface area (Å²) in [6, 6.07) is -0.0180. The van der Waals surface area contributed by atoms with Gasteiger partial charge in [-0.15, -0.1) is 0 Å². The third-order valence-corrected chi connectivity index (χ3v) is 1.81. The largest absolute Gasteiger partial charge is 0.383 e. The Bertz CT molecular complexity index is 115. The molecule has 1 aliphatic heterocycles. The van der Waals surface area contributed by atoms with Crippen molar-refractivity contribution in [1.29, 1.82) is 0 Å². The Labute approximate surface area is 73.0 Å². The molecule has 4 heteroatoms. The molecule has 1 fully saturated rings.